The molecule has 0 radical (unpaired) electrons. The van der Waals surface area contributed by atoms with Crippen molar-refractivity contribution in [1.82, 2.24) is 0 Å². The number of rotatable bonds is 5. The van der Waals surface area contributed by atoms with Crippen molar-refractivity contribution in [2.45, 2.75) is 6.61 Å². The zero-order chi connectivity index (χ0) is 15.4. The Morgan fingerprint density at radius 1 is 1.24 bits per heavy atom. The van der Waals surface area contributed by atoms with Crippen molar-refractivity contribution in [3.05, 3.63) is 68.2 Å². The highest BCUT2D eigenvalue weighted by Gasteiger charge is 2.17. The molecule has 0 spiro atoms. The number of halogens is 1. The first-order valence-electron chi connectivity index (χ1n) is 5.87. The van der Waals surface area contributed by atoms with Gasteiger partial charge in [0.1, 0.15) is 17.9 Å². The van der Waals surface area contributed by atoms with Gasteiger partial charge in [-0.05, 0) is 34.1 Å². The van der Waals surface area contributed by atoms with E-state index in [1.165, 1.54) is 12.1 Å². The summed E-state index contributed by atoms with van der Waals surface area (Å²) >= 11 is 3.21. The first-order chi connectivity index (χ1) is 10.0. The molecule has 0 heterocycles. The molecule has 0 saturated carbocycles. The molecule has 2 aromatic rings. The Balaban J connectivity index is 2.29. The van der Waals surface area contributed by atoms with E-state index in [1.807, 2.05) is 0 Å². The largest absolute Gasteiger partial charge is 0.487 e. The fraction of sp³-hybridized carbons (Fsp3) is 0.0714. The van der Waals surface area contributed by atoms with Crippen LogP contribution in [0.1, 0.15) is 15.9 Å². The Hall–Kier alpha value is -2.41. The van der Waals surface area contributed by atoms with E-state index in [1.54, 1.807) is 30.3 Å². The van der Waals surface area contributed by atoms with E-state index in [0.29, 0.717) is 10.0 Å². The summed E-state index contributed by atoms with van der Waals surface area (Å²) in [7, 11) is 0. The molecule has 21 heavy (non-hydrogen) atoms. The molecule has 0 aliphatic heterocycles. The highest BCUT2D eigenvalue weighted by molar-refractivity contribution is 9.10. The minimum Gasteiger partial charge on any atom is -0.487 e. The smallest absolute Gasteiger partial charge is 0.339 e. The predicted octanol–water partition coefficient (Wildman–Crippen LogP) is 3.63. The van der Waals surface area contributed by atoms with Crippen LogP contribution >= 0.6 is 15.9 Å². The molecule has 0 bridgehead atoms. The van der Waals surface area contributed by atoms with E-state index in [9.17, 15) is 14.9 Å². The number of carboxylic acids is 1. The standard InChI is InChI=1S/C14H10BrNO5/c15-11-6-3-5-10(14(17)18)13(11)21-8-9-4-1-2-7-12(9)16(19)20/h1-7H,8H2,(H,17,18). The molecule has 2 rings (SSSR count). The average molecular weight is 352 g/mol. The second kappa shape index (κ2) is 6.36. The molecule has 0 aliphatic carbocycles. The third-order valence-corrected chi connectivity index (χ3v) is 3.38. The summed E-state index contributed by atoms with van der Waals surface area (Å²) in [5.74, 6) is -0.989. The molecule has 0 aromatic heterocycles. The summed E-state index contributed by atoms with van der Waals surface area (Å²) in [5, 5.41) is 20.0. The van der Waals surface area contributed by atoms with Gasteiger partial charge in [0.2, 0.25) is 0 Å². The van der Waals surface area contributed by atoms with Gasteiger partial charge in [-0.25, -0.2) is 4.79 Å². The number of benzene rings is 2. The number of carbonyl (C=O) groups is 1. The maximum Gasteiger partial charge on any atom is 0.339 e. The molecular formula is C14H10BrNO5. The third-order valence-electron chi connectivity index (χ3n) is 2.76. The highest BCUT2D eigenvalue weighted by Crippen LogP contribution is 2.30. The summed E-state index contributed by atoms with van der Waals surface area (Å²) < 4.78 is 5.95. The van der Waals surface area contributed by atoms with Crippen LogP contribution in [-0.4, -0.2) is 16.0 Å². The van der Waals surface area contributed by atoms with Gasteiger partial charge in [0.25, 0.3) is 5.69 Å². The summed E-state index contributed by atoms with van der Waals surface area (Å²) in [5.41, 5.74) is 0.291. The molecule has 1 N–H and O–H groups in total. The van der Waals surface area contributed by atoms with E-state index in [4.69, 9.17) is 9.84 Å². The van der Waals surface area contributed by atoms with Crippen LogP contribution in [0.25, 0.3) is 0 Å². The molecule has 0 unspecified atom stereocenters. The number of hydrogen-bond acceptors (Lipinski definition) is 4. The first-order valence-corrected chi connectivity index (χ1v) is 6.67. The second-order valence-electron chi connectivity index (χ2n) is 4.10. The van der Waals surface area contributed by atoms with E-state index in [-0.39, 0.29) is 23.6 Å². The lowest BCUT2D eigenvalue weighted by molar-refractivity contribution is -0.385. The molecule has 0 atom stereocenters. The Bertz CT molecular complexity index is 702. The topological polar surface area (TPSA) is 89.7 Å². The normalized spacial score (nSPS) is 10.1. The number of para-hydroxylation sites is 2. The van der Waals surface area contributed by atoms with Gasteiger partial charge >= 0.3 is 5.97 Å². The summed E-state index contributed by atoms with van der Waals surface area (Å²) in [4.78, 5) is 21.6. The van der Waals surface area contributed by atoms with E-state index < -0.39 is 10.9 Å². The molecule has 7 heteroatoms. The van der Waals surface area contributed by atoms with Gasteiger partial charge in [-0.15, -0.1) is 0 Å². The minimum atomic E-state index is -1.13. The number of ether oxygens (including phenoxy) is 1. The third kappa shape index (κ3) is 3.38. The van der Waals surface area contributed by atoms with Gasteiger partial charge in [0, 0.05) is 6.07 Å². The van der Waals surface area contributed by atoms with Crippen molar-refractivity contribution in [2.75, 3.05) is 0 Å². The van der Waals surface area contributed by atoms with Gasteiger partial charge in [-0.2, -0.15) is 0 Å². The van der Waals surface area contributed by atoms with Crippen molar-refractivity contribution in [2.24, 2.45) is 0 Å². The molecule has 2 aromatic carbocycles. The van der Waals surface area contributed by atoms with Crippen molar-refractivity contribution in [3.8, 4) is 5.75 Å². The van der Waals surface area contributed by atoms with E-state index >= 15 is 0 Å². The lowest BCUT2D eigenvalue weighted by Crippen LogP contribution is -2.05. The number of nitro groups is 1. The van der Waals surface area contributed by atoms with Crippen LogP contribution in [0.3, 0.4) is 0 Å². The molecule has 0 aliphatic rings. The van der Waals surface area contributed by atoms with Gasteiger partial charge < -0.3 is 9.84 Å². The summed E-state index contributed by atoms with van der Waals surface area (Å²) in [6.07, 6.45) is 0. The number of nitrogens with zero attached hydrogens (tertiary/aromatic N) is 1. The summed E-state index contributed by atoms with van der Waals surface area (Å²) in [6, 6.07) is 10.8. The van der Waals surface area contributed by atoms with Crippen LogP contribution in [-0.2, 0) is 6.61 Å². The van der Waals surface area contributed by atoms with Gasteiger partial charge in [0.05, 0.1) is 15.0 Å². The zero-order valence-corrected chi connectivity index (χ0v) is 12.2. The van der Waals surface area contributed by atoms with Crippen LogP contribution in [0, 0.1) is 10.1 Å². The number of aromatic carboxylic acids is 1. The van der Waals surface area contributed by atoms with Gasteiger partial charge in [-0.3, -0.25) is 10.1 Å². The molecule has 0 saturated heterocycles. The minimum absolute atomic E-state index is 0.0111. The van der Waals surface area contributed by atoms with Crippen LogP contribution in [0.4, 0.5) is 5.69 Å². The molecular weight excluding hydrogens is 342 g/mol. The molecule has 6 nitrogen and oxygen atoms in total. The Labute approximate surface area is 128 Å². The zero-order valence-electron chi connectivity index (χ0n) is 10.7. The van der Waals surface area contributed by atoms with E-state index in [2.05, 4.69) is 15.9 Å². The monoisotopic (exact) mass is 351 g/mol. The SMILES string of the molecule is O=C(O)c1cccc(Br)c1OCc1ccccc1[N+](=O)[O-]. The number of nitro benzene ring substituents is 1. The Morgan fingerprint density at radius 2 is 1.95 bits per heavy atom. The van der Waals surface area contributed by atoms with Gasteiger partial charge in [0.15, 0.2) is 0 Å². The van der Waals surface area contributed by atoms with Crippen molar-refractivity contribution < 1.29 is 19.6 Å². The number of carboxylic acid groups (broad SMARTS) is 1. The lowest BCUT2D eigenvalue weighted by atomic mass is 10.2. The second-order valence-corrected chi connectivity index (χ2v) is 4.95. The number of hydrogen-bond donors (Lipinski definition) is 1. The summed E-state index contributed by atoms with van der Waals surface area (Å²) in [6.45, 7) is -0.0972. The van der Waals surface area contributed by atoms with Crippen molar-refractivity contribution in [3.63, 3.8) is 0 Å². The van der Waals surface area contributed by atoms with E-state index in [0.717, 1.165) is 0 Å². The maximum absolute atomic E-state index is 11.2. The Morgan fingerprint density at radius 3 is 2.62 bits per heavy atom. The van der Waals surface area contributed by atoms with Gasteiger partial charge in [-0.1, -0.05) is 18.2 Å². The maximum atomic E-state index is 11.2. The average Bonchev–Trinajstić information content (AvgIpc) is 2.45. The van der Waals surface area contributed by atoms with Crippen LogP contribution in [0.2, 0.25) is 0 Å². The van der Waals surface area contributed by atoms with Crippen molar-refractivity contribution in [1.29, 1.82) is 0 Å². The Kier molecular flexibility index (Phi) is 4.54. The molecule has 0 amide bonds. The fourth-order valence-corrected chi connectivity index (χ4v) is 2.27. The van der Waals surface area contributed by atoms with Crippen molar-refractivity contribution >= 4 is 27.6 Å². The fourth-order valence-electron chi connectivity index (χ4n) is 1.78. The van der Waals surface area contributed by atoms with Crippen LogP contribution < -0.4 is 4.74 Å². The highest BCUT2D eigenvalue weighted by atomic mass is 79.9. The lowest BCUT2D eigenvalue weighted by Gasteiger charge is -2.11. The first kappa shape index (κ1) is 15.0. The van der Waals surface area contributed by atoms with Crippen LogP contribution in [0.15, 0.2) is 46.9 Å². The predicted molar refractivity (Wildman–Crippen MR) is 78.5 cm³/mol. The quantitative estimate of drug-likeness (QED) is 0.656. The molecule has 108 valence electrons. The molecule has 0 fully saturated rings. The van der Waals surface area contributed by atoms with Crippen LogP contribution in [0.5, 0.6) is 5.75 Å².